The van der Waals surface area contributed by atoms with E-state index in [0.717, 1.165) is 51.4 Å². The summed E-state index contributed by atoms with van der Waals surface area (Å²) in [6, 6.07) is 0. The van der Waals surface area contributed by atoms with E-state index in [1.807, 2.05) is 0 Å². The third-order valence-corrected chi connectivity index (χ3v) is 4.53. The molecule has 0 aromatic carbocycles. The van der Waals surface area contributed by atoms with Crippen LogP contribution in [0.3, 0.4) is 0 Å². The fraction of sp³-hybridized carbons (Fsp3) is 0.900. The van der Waals surface area contributed by atoms with E-state index < -0.39 is 23.3 Å². The number of hydrogen-bond donors (Lipinski definition) is 2. The van der Waals surface area contributed by atoms with Crippen molar-refractivity contribution in [3.8, 4) is 0 Å². The lowest BCUT2D eigenvalue weighted by atomic mass is 9.83. The van der Waals surface area contributed by atoms with E-state index in [2.05, 4.69) is 13.8 Å². The molecule has 2 N–H and O–H groups in total. The van der Waals surface area contributed by atoms with Crippen LogP contribution in [0, 0.1) is 0 Å². The highest BCUT2D eigenvalue weighted by atomic mass is 16.3. The maximum atomic E-state index is 12.4. The van der Waals surface area contributed by atoms with E-state index in [-0.39, 0.29) is 19.3 Å². The van der Waals surface area contributed by atoms with Crippen LogP contribution in [0.4, 0.5) is 0 Å². The van der Waals surface area contributed by atoms with Crippen LogP contribution < -0.4 is 0 Å². The molecule has 0 saturated heterocycles. The molecular weight excluding hydrogens is 304 g/mol. The first-order valence-corrected chi connectivity index (χ1v) is 9.85. The van der Waals surface area contributed by atoms with E-state index in [0.29, 0.717) is 12.8 Å². The summed E-state index contributed by atoms with van der Waals surface area (Å²) < 4.78 is 0. The first kappa shape index (κ1) is 23.3. The van der Waals surface area contributed by atoms with Gasteiger partial charge in [0.1, 0.15) is 0 Å². The Morgan fingerprint density at radius 1 is 0.792 bits per heavy atom. The number of ketones is 2. The molecule has 1 atom stereocenters. The fourth-order valence-electron chi connectivity index (χ4n) is 3.00. The highest BCUT2D eigenvalue weighted by Gasteiger charge is 2.42. The lowest BCUT2D eigenvalue weighted by Crippen LogP contribution is -2.48. The minimum Gasteiger partial charge on any atom is -0.393 e. The number of unbranched alkanes of at least 4 members (excludes halogenated alkanes) is 8. The van der Waals surface area contributed by atoms with Crippen LogP contribution in [0.15, 0.2) is 0 Å². The second-order valence-electron chi connectivity index (χ2n) is 7.09. The van der Waals surface area contributed by atoms with Gasteiger partial charge in [0.25, 0.3) is 0 Å². The predicted molar refractivity (Wildman–Crippen MR) is 98.0 cm³/mol. The van der Waals surface area contributed by atoms with Crippen molar-refractivity contribution in [3.05, 3.63) is 0 Å². The Hall–Kier alpha value is -0.740. The van der Waals surface area contributed by atoms with E-state index >= 15 is 0 Å². The van der Waals surface area contributed by atoms with Gasteiger partial charge in [-0.1, -0.05) is 65.2 Å². The molecule has 24 heavy (non-hydrogen) atoms. The van der Waals surface area contributed by atoms with Gasteiger partial charge in [-0.25, -0.2) is 0 Å². The smallest absolute Gasteiger partial charge is 0.183 e. The van der Waals surface area contributed by atoms with E-state index in [1.165, 1.54) is 6.92 Å². The van der Waals surface area contributed by atoms with Crippen molar-refractivity contribution in [2.45, 2.75) is 116 Å². The molecule has 0 aliphatic rings. The third-order valence-electron chi connectivity index (χ3n) is 4.53. The van der Waals surface area contributed by atoms with Gasteiger partial charge in [-0.2, -0.15) is 0 Å². The molecule has 0 unspecified atom stereocenters. The lowest BCUT2D eigenvalue weighted by Gasteiger charge is -2.26. The molecule has 0 aromatic rings. The van der Waals surface area contributed by atoms with Gasteiger partial charge in [-0.3, -0.25) is 9.59 Å². The van der Waals surface area contributed by atoms with E-state index in [1.54, 1.807) is 0 Å². The number of Topliss-reactive ketones (excluding diaryl/α,β-unsaturated/α-hetero) is 2. The summed E-state index contributed by atoms with van der Waals surface area (Å²) in [5, 5.41) is 20.3. The summed E-state index contributed by atoms with van der Waals surface area (Å²) in [7, 11) is 0. The number of carbonyl (C=O) groups excluding carboxylic acids is 2. The van der Waals surface area contributed by atoms with Gasteiger partial charge in [-0.15, -0.1) is 0 Å². The standard InChI is InChI=1S/C20H38O4/c1-4-6-8-10-12-14-18(22)20(24,16-17(3)21)19(23)15-13-11-9-7-5-2/h17,21,24H,4-16H2,1-3H3/t17-/m1/s1. The average Bonchev–Trinajstić information content (AvgIpc) is 2.53. The number of rotatable bonds is 16. The number of hydrogen-bond acceptors (Lipinski definition) is 4. The fourth-order valence-corrected chi connectivity index (χ4v) is 3.00. The van der Waals surface area contributed by atoms with Crippen LogP contribution in [0.1, 0.15) is 104 Å². The first-order valence-electron chi connectivity index (χ1n) is 9.85. The Balaban J connectivity index is 4.50. The zero-order valence-corrected chi connectivity index (χ0v) is 16.0. The quantitative estimate of drug-likeness (QED) is 0.323. The molecular formula is C20H38O4. The van der Waals surface area contributed by atoms with Crippen molar-refractivity contribution >= 4 is 11.6 Å². The lowest BCUT2D eigenvalue weighted by molar-refractivity contribution is -0.154. The van der Waals surface area contributed by atoms with Gasteiger partial charge in [0.05, 0.1) is 6.10 Å². The molecule has 0 rings (SSSR count). The van der Waals surface area contributed by atoms with Crippen LogP contribution in [-0.4, -0.2) is 33.5 Å². The van der Waals surface area contributed by atoms with Crippen molar-refractivity contribution in [2.75, 3.05) is 0 Å². The van der Waals surface area contributed by atoms with Crippen LogP contribution in [-0.2, 0) is 9.59 Å². The molecule has 0 amide bonds. The molecule has 0 aliphatic heterocycles. The van der Waals surface area contributed by atoms with Crippen molar-refractivity contribution in [2.24, 2.45) is 0 Å². The van der Waals surface area contributed by atoms with Crippen LogP contribution in [0.25, 0.3) is 0 Å². The second-order valence-corrected chi connectivity index (χ2v) is 7.09. The third kappa shape index (κ3) is 9.53. The summed E-state index contributed by atoms with van der Waals surface area (Å²) in [5.41, 5.74) is -2.00. The van der Waals surface area contributed by atoms with Crippen molar-refractivity contribution in [1.82, 2.24) is 0 Å². The molecule has 0 aromatic heterocycles. The van der Waals surface area contributed by atoms with Gasteiger partial charge in [0, 0.05) is 19.3 Å². The van der Waals surface area contributed by atoms with Gasteiger partial charge in [-0.05, 0) is 19.8 Å². The van der Waals surface area contributed by atoms with Crippen LogP contribution in [0.2, 0.25) is 0 Å². The van der Waals surface area contributed by atoms with Gasteiger partial charge >= 0.3 is 0 Å². The maximum absolute atomic E-state index is 12.4. The monoisotopic (exact) mass is 342 g/mol. The Kier molecular flexibility index (Phi) is 13.1. The minimum atomic E-state index is -2.00. The van der Waals surface area contributed by atoms with Gasteiger partial charge < -0.3 is 10.2 Å². The highest BCUT2D eigenvalue weighted by molar-refractivity contribution is 6.10. The van der Waals surface area contributed by atoms with Crippen LogP contribution >= 0.6 is 0 Å². The Morgan fingerprint density at radius 3 is 1.50 bits per heavy atom. The van der Waals surface area contributed by atoms with Crippen LogP contribution in [0.5, 0.6) is 0 Å². The summed E-state index contributed by atoms with van der Waals surface area (Å²) >= 11 is 0. The Morgan fingerprint density at radius 2 is 1.17 bits per heavy atom. The van der Waals surface area contributed by atoms with E-state index in [9.17, 15) is 19.8 Å². The minimum absolute atomic E-state index is 0.186. The van der Waals surface area contributed by atoms with Gasteiger partial charge in [0.15, 0.2) is 17.2 Å². The summed E-state index contributed by atoms with van der Waals surface area (Å²) in [6.07, 6.45) is 9.35. The Bertz CT molecular complexity index is 324. The second kappa shape index (κ2) is 13.5. The SMILES string of the molecule is CCCCCCCC(=O)C(O)(C[C@@H](C)O)C(=O)CCCCCCC. The zero-order valence-electron chi connectivity index (χ0n) is 16.0. The molecule has 4 heteroatoms. The first-order chi connectivity index (χ1) is 11.4. The van der Waals surface area contributed by atoms with Crippen molar-refractivity contribution in [3.63, 3.8) is 0 Å². The van der Waals surface area contributed by atoms with Crippen molar-refractivity contribution in [1.29, 1.82) is 0 Å². The largest absolute Gasteiger partial charge is 0.393 e. The van der Waals surface area contributed by atoms with E-state index in [4.69, 9.17) is 0 Å². The predicted octanol–water partition coefficient (Wildman–Crippen LogP) is 4.35. The Labute approximate surface area is 148 Å². The molecule has 142 valence electrons. The molecule has 0 spiro atoms. The maximum Gasteiger partial charge on any atom is 0.183 e. The zero-order chi connectivity index (χ0) is 18.4. The van der Waals surface area contributed by atoms with Gasteiger partial charge in [0.2, 0.25) is 0 Å². The molecule has 0 heterocycles. The topological polar surface area (TPSA) is 74.6 Å². The average molecular weight is 343 g/mol. The molecule has 0 fully saturated rings. The molecule has 0 aliphatic carbocycles. The summed E-state index contributed by atoms with van der Waals surface area (Å²) in [5.74, 6) is -0.836. The normalized spacial score (nSPS) is 13.0. The molecule has 0 bridgehead atoms. The molecule has 0 saturated carbocycles. The van der Waals surface area contributed by atoms with Crippen molar-refractivity contribution < 1.29 is 19.8 Å². The number of aliphatic hydroxyl groups excluding tert-OH is 1. The summed E-state index contributed by atoms with van der Waals surface area (Å²) in [6.45, 7) is 5.77. The molecule has 0 radical (unpaired) electrons. The number of carbonyl (C=O) groups is 2. The molecule has 4 nitrogen and oxygen atoms in total. The number of aliphatic hydroxyl groups is 2. The highest BCUT2D eigenvalue weighted by Crippen LogP contribution is 2.23. The summed E-state index contributed by atoms with van der Waals surface area (Å²) in [4.78, 5) is 24.9.